The first-order chi connectivity index (χ1) is 8.15. The topological polar surface area (TPSA) is 71.2 Å². The second kappa shape index (κ2) is 5.14. The van der Waals surface area contributed by atoms with Crippen molar-refractivity contribution in [3.05, 3.63) is 11.4 Å². The number of aliphatic hydroxyl groups is 1. The Hall–Kier alpha value is -0.940. The van der Waals surface area contributed by atoms with Gasteiger partial charge in [-0.1, -0.05) is 17.2 Å². The van der Waals surface area contributed by atoms with E-state index in [4.69, 9.17) is 0 Å². The molecule has 0 saturated heterocycles. The zero-order valence-corrected chi connectivity index (χ0v) is 10.6. The van der Waals surface area contributed by atoms with Crippen LogP contribution < -0.4 is 5.32 Å². The molecule has 0 spiro atoms. The monoisotopic (exact) mass is 239 g/mol. The van der Waals surface area contributed by atoms with Crippen molar-refractivity contribution in [2.45, 2.75) is 51.6 Å². The van der Waals surface area contributed by atoms with E-state index in [0.717, 1.165) is 30.1 Å². The molecule has 0 bridgehead atoms. The third kappa shape index (κ3) is 2.84. The molecule has 1 aromatic rings. The molecule has 0 atom stereocenters. The summed E-state index contributed by atoms with van der Waals surface area (Å²) in [5.41, 5.74) is 1.50. The molecule has 0 unspecified atom stereocenters. The molecule has 1 fully saturated rings. The van der Waals surface area contributed by atoms with Gasteiger partial charge in [-0.2, -0.15) is 0 Å². The highest BCUT2D eigenvalue weighted by Gasteiger charge is 2.33. The van der Waals surface area contributed by atoms with Crippen molar-refractivity contribution in [3.8, 4) is 0 Å². The van der Waals surface area contributed by atoms with E-state index >= 15 is 0 Å². The molecule has 0 aliphatic heterocycles. The Morgan fingerprint density at radius 3 is 2.65 bits per heavy atom. The lowest BCUT2D eigenvalue weighted by molar-refractivity contribution is 0.103. The number of rotatable bonds is 4. The van der Waals surface area contributed by atoms with Gasteiger partial charge in [0.25, 0.3) is 0 Å². The lowest BCUT2D eigenvalue weighted by Gasteiger charge is -2.38. The van der Waals surface area contributed by atoms with Crippen LogP contribution in [0.25, 0.3) is 0 Å². The lowest BCUT2D eigenvalue weighted by Crippen LogP contribution is -2.50. The molecule has 2 N–H and O–H groups in total. The Kier molecular flexibility index (Phi) is 3.79. The normalized spacial score (nSPS) is 29.5. The summed E-state index contributed by atoms with van der Waals surface area (Å²) < 4.78 is 4.67. The number of hydrogen-bond donors (Lipinski definition) is 2. The van der Waals surface area contributed by atoms with Crippen molar-refractivity contribution in [2.75, 3.05) is 6.61 Å². The predicted octanol–water partition coefficient (Wildman–Crippen LogP) is 1.41. The summed E-state index contributed by atoms with van der Waals surface area (Å²) in [6.45, 7) is 4.95. The summed E-state index contributed by atoms with van der Waals surface area (Å²) in [5.74, 6) is 0.770. The molecule has 17 heavy (non-hydrogen) atoms. The molecule has 0 amide bonds. The summed E-state index contributed by atoms with van der Waals surface area (Å²) in [7, 11) is 0. The highest BCUT2D eigenvalue weighted by molar-refractivity contribution is 5.05. The lowest BCUT2D eigenvalue weighted by atomic mass is 9.77. The Morgan fingerprint density at radius 2 is 2.12 bits per heavy atom. The first kappa shape index (κ1) is 12.5. The first-order valence-corrected chi connectivity index (χ1v) is 6.29. The van der Waals surface area contributed by atoms with Gasteiger partial charge >= 0.3 is 0 Å². The van der Waals surface area contributed by atoms with Gasteiger partial charge in [0.2, 0.25) is 0 Å². The Balaban J connectivity index is 1.94. The predicted molar refractivity (Wildman–Crippen MR) is 63.3 cm³/mol. The molecule has 1 aliphatic rings. The van der Waals surface area contributed by atoms with E-state index in [1.807, 2.05) is 6.92 Å². The third-order valence-corrected chi connectivity index (χ3v) is 3.91. The van der Waals surface area contributed by atoms with Gasteiger partial charge in [0.1, 0.15) is 11.4 Å². The summed E-state index contributed by atoms with van der Waals surface area (Å²) in [5, 5.41) is 20.6. The average molecular weight is 239 g/mol. The molecule has 1 aliphatic carbocycles. The van der Waals surface area contributed by atoms with Crippen molar-refractivity contribution in [2.24, 2.45) is 5.92 Å². The molecule has 1 aromatic heterocycles. The maximum absolute atomic E-state index is 9.60. The van der Waals surface area contributed by atoms with Crippen LogP contribution in [0.5, 0.6) is 0 Å². The SMILES string of the molecule is Cc1nonc1CNC1(CO)CCC(C)CC1. The number of aromatic nitrogens is 2. The van der Waals surface area contributed by atoms with Gasteiger partial charge in [0.05, 0.1) is 6.61 Å². The van der Waals surface area contributed by atoms with Crippen LogP contribution >= 0.6 is 0 Å². The van der Waals surface area contributed by atoms with Gasteiger partial charge in [-0.05, 0) is 38.5 Å². The first-order valence-electron chi connectivity index (χ1n) is 6.29. The Morgan fingerprint density at radius 1 is 1.41 bits per heavy atom. The summed E-state index contributed by atoms with van der Waals surface area (Å²) in [6.07, 6.45) is 4.39. The van der Waals surface area contributed by atoms with Gasteiger partial charge in [-0.15, -0.1) is 0 Å². The number of hydrogen-bond acceptors (Lipinski definition) is 5. The molecule has 1 saturated carbocycles. The van der Waals surface area contributed by atoms with Crippen LogP contribution in [0.4, 0.5) is 0 Å². The van der Waals surface area contributed by atoms with E-state index < -0.39 is 0 Å². The van der Waals surface area contributed by atoms with Crippen LogP contribution in [-0.4, -0.2) is 27.6 Å². The summed E-state index contributed by atoms with van der Waals surface area (Å²) in [6, 6.07) is 0. The van der Waals surface area contributed by atoms with Gasteiger partial charge in [0, 0.05) is 12.1 Å². The van der Waals surface area contributed by atoms with Gasteiger partial charge < -0.3 is 10.4 Å². The zero-order chi connectivity index (χ0) is 12.3. The van der Waals surface area contributed by atoms with Gasteiger partial charge in [-0.3, -0.25) is 0 Å². The molecule has 0 aromatic carbocycles. The van der Waals surface area contributed by atoms with Crippen molar-refractivity contribution in [1.82, 2.24) is 15.6 Å². The maximum Gasteiger partial charge on any atom is 0.121 e. The van der Waals surface area contributed by atoms with Crippen LogP contribution in [0.1, 0.15) is 44.0 Å². The van der Waals surface area contributed by atoms with E-state index in [9.17, 15) is 5.11 Å². The second-order valence-electron chi connectivity index (χ2n) is 5.27. The highest BCUT2D eigenvalue weighted by atomic mass is 16.6. The Bertz CT molecular complexity index is 356. The van der Waals surface area contributed by atoms with Crippen LogP contribution in [0, 0.1) is 12.8 Å². The summed E-state index contributed by atoms with van der Waals surface area (Å²) in [4.78, 5) is 0. The molecule has 5 heteroatoms. The minimum Gasteiger partial charge on any atom is -0.394 e. The minimum absolute atomic E-state index is 0.141. The average Bonchev–Trinajstić information content (AvgIpc) is 2.75. The fourth-order valence-electron chi connectivity index (χ4n) is 2.39. The van der Waals surface area contributed by atoms with Crippen molar-refractivity contribution in [1.29, 1.82) is 0 Å². The minimum atomic E-state index is -0.141. The largest absolute Gasteiger partial charge is 0.394 e. The van der Waals surface area contributed by atoms with E-state index in [0.29, 0.717) is 6.54 Å². The van der Waals surface area contributed by atoms with Crippen molar-refractivity contribution < 1.29 is 9.74 Å². The standard InChI is InChI=1S/C12H21N3O2/c1-9-3-5-12(8-16,6-4-9)13-7-11-10(2)14-17-15-11/h9,13,16H,3-8H2,1-2H3. The smallest absolute Gasteiger partial charge is 0.121 e. The third-order valence-electron chi connectivity index (χ3n) is 3.91. The summed E-state index contributed by atoms with van der Waals surface area (Å²) >= 11 is 0. The molecular formula is C12H21N3O2. The van der Waals surface area contributed by atoms with Crippen LogP contribution in [0.3, 0.4) is 0 Å². The molecule has 2 rings (SSSR count). The molecular weight excluding hydrogens is 218 g/mol. The fourth-order valence-corrected chi connectivity index (χ4v) is 2.39. The molecule has 1 heterocycles. The molecule has 5 nitrogen and oxygen atoms in total. The number of aliphatic hydroxyl groups excluding tert-OH is 1. The van der Waals surface area contributed by atoms with Crippen molar-refractivity contribution in [3.63, 3.8) is 0 Å². The van der Waals surface area contributed by atoms with Crippen LogP contribution in [0.2, 0.25) is 0 Å². The van der Waals surface area contributed by atoms with E-state index in [2.05, 4.69) is 27.2 Å². The second-order valence-corrected chi connectivity index (χ2v) is 5.27. The molecule has 0 radical (unpaired) electrons. The molecule has 96 valence electrons. The van der Waals surface area contributed by atoms with Crippen LogP contribution in [0.15, 0.2) is 4.63 Å². The van der Waals surface area contributed by atoms with E-state index in [1.54, 1.807) is 0 Å². The van der Waals surface area contributed by atoms with Gasteiger partial charge in [-0.25, -0.2) is 4.63 Å². The number of nitrogens with one attached hydrogen (secondary N) is 1. The number of aryl methyl sites for hydroxylation is 1. The van der Waals surface area contributed by atoms with Crippen molar-refractivity contribution >= 4 is 0 Å². The highest BCUT2D eigenvalue weighted by Crippen LogP contribution is 2.31. The Labute approximate surface area is 102 Å². The zero-order valence-electron chi connectivity index (χ0n) is 10.6. The van der Waals surface area contributed by atoms with E-state index in [1.165, 1.54) is 12.8 Å². The number of nitrogens with zero attached hydrogens (tertiary/aromatic N) is 2. The van der Waals surface area contributed by atoms with E-state index in [-0.39, 0.29) is 12.1 Å². The maximum atomic E-state index is 9.60. The quantitative estimate of drug-likeness (QED) is 0.831. The van der Waals surface area contributed by atoms with Gasteiger partial charge in [0.15, 0.2) is 0 Å². The van der Waals surface area contributed by atoms with Crippen LogP contribution in [-0.2, 0) is 6.54 Å². The fraction of sp³-hybridized carbons (Fsp3) is 0.833.